The quantitative estimate of drug-likeness (QED) is 0.737. The van der Waals surface area contributed by atoms with Crippen LogP contribution >= 0.6 is 0 Å². The van der Waals surface area contributed by atoms with E-state index in [1.807, 2.05) is 18.2 Å². The van der Waals surface area contributed by atoms with Crippen LogP contribution in [0.5, 0.6) is 5.75 Å². The van der Waals surface area contributed by atoms with Gasteiger partial charge >= 0.3 is 6.15 Å². The molecule has 2 rings (SSSR count). The van der Waals surface area contributed by atoms with Crippen LogP contribution in [0.3, 0.4) is 0 Å². The minimum atomic E-state index is -0.152. The molecule has 100 valence electrons. The lowest BCUT2D eigenvalue weighted by Gasteiger charge is -2.27. The van der Waals surface area contributed by atoms with Crippen molar-refractivity contribution in [2.75, 3.05) is 18.6 Å². The molecule has 1 aliphatic heterocycles. The first-order chi connectivity index (χ1) is 9.13. The van der Waals surface area contributed by atoms with E-state index in [1.165, 1.54) is 0 Å². The fraction of sp³-hybridized carbons (Fsp3) is 0.308. The summed E-state index contributed by atoms with van der Waals surface area (Å²) in [5.41, 5.74) is 0.738. The maximum atomic E-state index is 11.7. The summed E-state index contributed by atoms with van der Waals surface area (Å²) >= 11 is 0. The van der Waals surface area contributed by atoms with Crippen LogP contribution in [0, 0.1) is 0 Å². The number of piperidine rings is 1. The number of Topliss-reactive ketones (excluding diaryl/α,β-unsaturated/α-hetero) is 1. The standard InChI is InChI=1S/C12H13NO3.CO2/c1-16-11-5-3-2-4-10(11)13-7-6-9(14)8-12(13)15;2-1-3/h2-5H,6-8H2,1H3;. The van der Waals surface area contributed by atoms with Crippen molar-refractivity contribution in [3.63, 3.8) is 0 Å². The first-order valence-electron chi connectivity index (χ1n) is 5.58. The third kappa shape index (κ3) is 3.76. The summed E-state index contributed by atoms with van der Waals surface area (Å²) in [6.07, 6.45) is 0.668. The molecule has 19 heavy (non-hydrogen) atoms. The molecule has 1 heterocycles. The van der Waals surface area contributed by atoms with E-state index in [2.05, 4.69) is 0 Å². The lowest BCUT2D eigenvalue weighted by Crippen LogP contribution is -2.39. The highest BCUT2D eigenvalue weighted by molar-refractivity contribution is 6.09. The zero-order valence-electron chi connectivity index (χ0n) is 10.4. The lowest BCUT2D eigenvalue weighted by molar-refractivity contribution is -0.191. The molecule has 0 saturated carbocycles. The van der Waals surface area contributed by atoms with Crippen molar-refractivity contribution >= 4 is 23.5 Å². The molecule has 0 atom stereocenters. The van der Waals surface area contributed by atoms with Crippen molar-refractivity contribution < 1.29 is 23.9 Å². The summed E-state index contributed by atoms with van der Waals surface area (Å²) in [6.45, 7) is 0.442. The molecule has 1 amide bonds. The van der Waals surface area contributed by atoms with Gasteiger partial charge in [-0.3, -0.25) is 9.59 Å². The number of hydrogen-bond acceptors (Lipinski definition) is 5. The summed E-state index contributed by atoms with van der Waals surface area (Å²) in [4.78, 5) is 40.7. The monoisotopic (exact) mass is 263 g/mol. The van der Waals surface area contributed by atoms with Crippen molar-refractivity contribution in [1.82, 2.24) is 0 Å². The minimum absolute atomic E-state index is 0.00194. The molecule has 0 radical (unpaired) electrons. The molecule has 1 aliphatic rings. The molecule has 1 fully saturated rings. The van der Waals surface area contributed by atoms with Gasteiger partial charge in [0.15, 0.2) is 0 Å². The van der Waals surface area contributed by atoms with E-state index in [9.17, 15) is 9.59 Å². The van der Waals surface area contributed by atoms with Crippen LogP contribution in [-0.4, -0.2) is 31.5 Å². The molecule has 6 heteroatoms. The van der Waals surface area contributed by atoms with E-state index in [4.69, 9.17) is 14.3 Å². The van der Waals surface area contributed by atoms with Gasteiger partial charge in [-0.15, -0.1) is 0 Å². The van der Waals surface area contributed by atoms with E-state index in [0.717, 1.165) is 5.69 Å². The van der Waals surface area contributed by atoms with Gasteiger partial charge < -0.3 is 9.64 Å². The Morgan fingerprint density at radius 2 is 1.84 bits per heavy atom. The third-order valence-electron chi connectivity index (χ3n) is 2.64. The van der Waals surface area contributed by atoms with E-state index in [1.54, 1.807) is 18.1 Å². The molecule has 6 nitrogen and oxygen atoms in total. The minimum Gasteiger partial charge on any atom is -0.495 e. The topological polar surface area (TPSA) is 80.8 Å². The number of ether oxygens (including phenoxy) is 1. The fourth-order valence-corrected chi connectivity index (χ4v) is 1.82. The summed E-state index contributed by atoms with van der Waals surface area (Å²) in [5.74, 6) is 0.516. The van der Waals surface area contributed by atoms with Gasteiger partial charge in [-0.05, 0) is 12.1 Å². The summed E-state index contributed by atoms with van der Waals surface area (Å²) < 4.78 is 5.19. The predicted octanol–water partition coefficient (Wildman–Crippen LogP) is 0.808. The van der Waals surface area contributed by atoms with Gasteiger partial charge in [0.1, 0.15) is 11.5 Å². The van der Waals surface area contributed by atoms with Crippen LogP contribution in [0.15, 0.2) is 24.3 Å². The number of amides is 1. The number of nitrogens with zero attached hydrogens (tertiary/aromatic N) is 1. The number of carbonyl (C=O) groups excluding carboxylic acids is 4. The molecule has 1 aromatic carbocycles. The molecule has 0 aliphatic carbocycles. The van der Waals surface area contributed by atoms with Crippen molar-refractivity contribution in [3.8, 4) is 5.75 Å². The van der Waals surface area contributed by atoms with Crippen molar-refractivity contribution in [2.45, 2.75) is 12.8 Å². The van der Waals surface area contributed by atoms with Gasteiger partial charge in [0, 0.05) is 13.0 Å². The molecule has 0 bridgehead atoms. The number of rotatable bonds is 2. The number of carbonyl (C=O) groups is 2. The first kappa shape index (κ1) is 14.6. The molecule has 0 unspecified atom stereocenters. The smallest absolute Gasteiger partial charge is 0.373 e. The van der Waals surface area contributed by atoms with Crippen molar-refractivity contribution in [2.24, 2.45) is 0 Å². The number of anilines is 1. The Morgan fingerprint density at radius 3 is 2.42 bits per heavy atom. The summed E-state index contributed by atoms with van der Waals surface area (Å²) in [6, 6.07) is 7.33. The molecule has 1 aromatic rings. The second-order valence-electron chi connectivity index (χ2n) is 3.77. The first-order valence-corrected chi connectivity index (χ1v) is 5.58. The van der Waals surface area contributed by atoms with E-state index in [-0.39, 0.29) is 24.3 Å². The Morgan fingerprint density at radius 1 is 1.21 bits per heavy atom. The second kappa shape index (κ2) is 7.08. The van der Waals surface area contributed by atoms with E-state index in [0.29, 0.717) is 18.7 Å². The molecular formula is C13H13NO5. The highest BCUT2D eigenvalue weighted by atomic mass is 16.5. The second-order valence-corrected chi connectivity index (χ2v) is 3.77. The van der Waals surface area contributed by atoms with Crippen LogP contribution in [0.2, 0.25) is 0 Å². The zero-order valence-corrected chi connectivity index (χ0v) is 10.4. The molecule has 0 N–H and O–H groups in total. The Kier molecular flexibility index (Phi) is 5.44. The van der Waals surface area contributed by atoms with Gasteiger partial charge in [0.2, 0.25) is 5.91 Å². The number of methoxy groups -OCH3 is 1. The van der Waals surface area contributed by atoms with Crippen LogP contribution < -0.4 is 9.64 Å². The Hall–Kier alpha value is -2.46. The number of ketones is 1. The highest BCUT2D eigenvalue weighted by Crippen LogP contribution is 2.29. The van der Waals surface area contributed by atoms with Gasteiger partial charge in [-0.25, -0.2) is 0 Å². The van der Waals surface area contributed by atoms with Crippen LogP contribution in [0.4, 0.5) is 5.69 Å². The zero-order chi connectivity index (χ0) is 14.3. The number of hydrogen-bond donors (Lipinski definition) is 0. The van der Waals surface area contributed by atoms with Gasteiger partial charge in [-0.1, -0.05) is 12.1 Å². The maximum absolute atomic E-state index is 11.7. The van der Waals surface area contributed by atoms with Crippen LogP contribution in [0.1, 0.15) is 12.8 Å². The maximum Gasteiger partial charge on any atom is 0.373 e. The number of benzene rings is 1. The van der Waals surface area contributed by atoms with Gasteiger partial charge in [-0.2, -0.15) is 9.59 Å². The Balaban J connectivity index is 0.000000550. The van der Waals surface area contributed by atoms with E-state index >= 15 is 0 Å². The Bertz CT molecular complexity index is 506. The molecular weight excluding hydrogens is 250 g/mol. The fourth-order valence-electron chi connectivity index (χ4n) is 1.82. The summed E-state index contributed by atoms with van der Waals surface area (Å²) in [5, 5.41) is 0. The molecule has 0 spiro atoms. The van der Waals surface area contributed by atoms with Crippen molar-refractivity contribution in [3.05, 3.63) is 24.3 Å². The van der Waals surface area contributed by atoms with Crippen LogP contribution in [0.25, 0.3) is 0 Å². The van der Waals surface area contributed by atoms with Gasteiger partial charge in [0.05, 0.1) is 19.2 Å². The largest absolute Gasteiger partial charge is 0.495 e. The summed E-state index contributed by atoms with van der Waals surface area (Å²) in [7, 11) is 1.57. The molecule has 0 aromatic heterocycles. The SMILES string of the molecule is COc1ccccc1N1CCC(=O)CC1=O.O=C=O. The Labute approximate surface area is 110 Å². The predicted molar refractivity (Wildman–Crippen MR) is 64.6 cm³/mol. The highest BCUT2D eigenvalue weighted by Gasteiger charge is 2.26. The average Bonchev–Trinajstić information content (AvgIpc) is 2.40. The average molecular weight is 263 g/mol. The third-order valence-corrected chi connectivity index (χ3v) is 2.64. The molecule has 1 saturated heterocycles. The normalized spacial score (nSPS) is 14.3. The van der Waals surface area contributed by atoms with Gasteiger partial charge in [0.25, 0.3) is 0 Å². The van der Waals surface area contributed by atoms with E-state index < -0.39 is 0 Å². The number of para-hydroxylation sites is 2. The lowest BCUT2D eigenvalue weighted by atomic mass is 10.1. The van der Waals surface area contributed by atoms with Crippen molar-refractivity contribution in [1.29, 1.82) is 0 Å². The van der Waals surface area contributed by atoms with Crippen LogP contribution in [-0.2, 0) is 19.2 Å².